The Kier molecular flexibility index (Phi) is 8.62. The molecule has 11 heteroatoms. The molecular formula is C23H32N4O6S. The molecule has 4 N–H and O–H groups in total. The first-order chi connectivity index (χ1) is 15.7. The van der Waals surface area contributed by atoms with E-state index >= 15 is 0 Å². The van der Waals surface area contributed by atoms with Gasteiger partial charge in [0, 0.05) is 30.0 Å². The summed E-state index contributed by atoms with van der Waals surface area (Å²) in [7, 11) is -3.89. The zero-order chi connectivity index (χ0) is 25.7. The van der Waals surface area contributed by atoms with Crippen LogP contribution >= 0.6 is 0 Å². The number of hydrogen-bond donors (Lipinski definition) is 4. The van der Waals surface area contributed by atoms with Gasteiger partial charge in [-0.3, -0.25) is 9.59 Å². The normalized spacial score (nSPS) is 11.7. The van der Waals surface area contributed by atoms with E-state index in [0.717, 1.165) is 0 Å². The van der Waals surface area contributed by atoms with Crippen LogP contribution in [0.5, 0.6) is 0 Å². The summed E-state index contributed by atoms with van der Waals surface area (Å²) in [6, 6.07) is 5.79. The number of sulfonamides is 1. The Hall–Kier alpha value is -3.18. The van der Waals surface area contributed by atoms with Crippen LogP contribution < -0.4 is 15.4 Å². The van der Waals surface area contributed by atoms with Gasteiger partial charge in [-0.25, -0.2) is 17.9 Å². The quantitative estimate of drug-likeness (QED) is 0.312. The molecule has 186 valence electrons. The predicted molar refractivity (Wildman–Crippen MR) is 129 cm³/mol. The number of nitrogens with one attached hydrogen (secondary N) is 4. The van der Waals surface area contributed by atoms with E-state index in [2.05, 4.69) is 20.3 Å². The van der Waals surface area contributed by atoms with Crippen LogP contribution in [0.1, 0.15) is 66.7 Å². The molecule has 0 aliphatic rings. The third-order valence-corrected chi connectivity index (χ3v) is 6.17. The van der Waals surface area contributed by atoms with Crippen molar-refractivity contribution in [2.45, 2.75) is 58.5 Å². The molecule has 0 aliphatic heterocycles. The van der Waals surface area contributed by atoms with Crippen LogP contribution in [0, 0.1) is 6.92 Å². The third kappa shape index (κ3) is 7.16. The number of H-pyrrole nitrogens is 1. The second-order valence-electron chi connectivity index (χ2n) is 8.70. The lowest BCUT2D eigenvalue weighted by Gasteiger charge is -2.19. The number of amides is 2. The number of hydrogen-bond acceptors (Lipinski definition) is 6. The van der Waals surface area contributed by atoms with E-state index in [1.165, 1.54) is 25.1 Å². The molecule has 0 bridgehead atoms. The second kappa shape index (κ2) is 10.8. The SMILES string of the molecule is CCc1c(C(=O)Nc2cccc(S(=O)(=O)NCCNC(=O)OC(C)(C)C)c2)[nH]c(C)c1C(C)=O. The summed E-state index contributed by atoms with van der Waals surface area (Å²) < 4.78 is 32.7. The summed E-state index contributed by atoms with van der Waals surface area (Å²) in [4.78, 5) is 39.4. The summed E-state index contributed by atoms with van der Waals surface area (Å²) in [5, 5.41) is 5.15. The molecule has 1 aromatic carbocycles. The molecule has 0 atom stereocenters. The largest absolute Gasteiger partial charge is 0.444 e. The highest BCUT2D eigenvalue weighted by atomic mass is 32.2. The lowest BCUT2D eigenvalue weighted by atomic mass is 10.0. The van der Waals surface area contributed by atoms with Gasteiger partial charge in [0.15, 0.2) is 5.78 Å². The molecule has 1 heterocycles. The number of aromatic amines is 1. The fraction of sp³-hybridized carbons (Fsp3) is 0.435. The molecule has 34 heavy (non-hydrogen) atoms. The van der Waals surface area contributed by atoms with E-state index < -0.39 is 27.6 Å². The van der Waals surface area contributed by atoms with Crippen LogP contribution in [0.15, 0.2) is 29.2 Å². The van der Waals surface area contributed by atoms with E-state index in [9.17, 15) is 22.8 Å². The van der Waals surface area contributed by atoms with Gasteiger partial charge in [0.2, 0.25) is 10.0 Å². The monoisotopic (exact) mass is 492 g/mol. The van der Waals surface area contributed by atoms with Crippen molar-refractivity contribution >= 4 is 33.5 Å². The number of ketones is 1. The van der Waals surface area contributed by atoms with Gasteiger partial charge in [0.25, 0.3) is 5.91 Å². The van der Waals surface area contributed by atoms with Gasteiger partial charge >= 0.3 is 6.09 Å². The van der Waals surface area contributed by atoms with Crippen molar-refractivity contribution in [3.05, 3.63) is 46.8 Å². The Morgan fingerprint density at radius 1 is 1.12 bits per heavy atom. The lowest BCUT2D eigenvalue weighted by molar-refractivity contribution is 0.0528. The molecule has 10 nitrogen and oxygen atoms in total. The number of rotatable bonds is 9. The highest BCUT2D eigenvalue weighted by molar-refractivity contribution is 7.89. The molecule has 2 rings (SSSR count). The van der Waals surface area contributed by atoms with Crippen LogP contribution in [0.4, 0.5) is 10.5 Å². The van der Waals surface area contributed by atoms with Crippen LogP contribution in [0.3, 0.4) is 0 Å². The summed E-state index contributed by atoms with van der Waals surface area (Å²) in [6.07, 6.45) is -0.159. The molecule has 0 unspecified atom stereocenters. The summed E-state index contributed by atoms with van der Waals surface area (Å²) in [6.45, 7) is 10.2. The fourth-order valence-corrected chi connectivity index (χ4v) is 4.46. The first-order valence-electron chi connectivity index (χ1n) is 10.9. The minimum Gasteiger partial charge on any atom is -0.444 e. The Bertz CT molecular complexity index is 1180. The van der Waals surface area contributed by atoms with E-state index in [1.807, 2.05) is 6.92 Å². The number of aromatic nitrogens is 1. The van der Waals surface area contributed by atoms with Gasteiger partial charge < -0.3 is 20.4 Å². The van der Waals surface area contributed by atoms with Crippen LogP contribution in [-0.4, -0.2) is 49.9 Å². The number of anilines is 1. The molecule has 0 saturated heterocycles. The van der Waals surface area contributed by atoms with Gasteiger partial charge in [-0.05, 0) is 64.8 Å². The topological polar surface area (TPSA) is 146 Å². The van der Waals surface area contributed by atoms with Crippen molar-refractivity contribution in [3.8, 4) is 0 Å². The average Bonchev–Trinajstić information content (AvgIpc) is 3.07. The molecule has 1 aromatic heterocycles. The zero-order valence-electron chi connectivity index (χ0n) is 20.3. The molecular weight excluding hydrogens is 460 g/mol. The van der Waals surface area contributed by atoms with E-state index in [4.69, 9.17) is 4.74 Å². The molecule has 0 fully saturated rings. The highest BCUT2D eigenvalue weighted by Gasteiger charge is 2.22. The van der Waals surface area contributed by atoms with Crippen molar-refractivity contribution in [2.24, 2.45) is 0 Å². The van der Waals surface area contributed by atoms with E-state index in [0.29, 0.717) is 23.2 Å². The van der Waals surface area contributed by atoms with Gasteiger partial charge in [-0.2, -0.15) is 0 Å². The van der Waals surface area contributed by atoms with Crippen molar-refractivity contribution < 1.29 is 27.5 Å². The minimum absolute atomic E-state index is 0.0367. The zero-order valence-corrected chi connectivity index (χ0v) is 21.1. The average molecular weight is 493 g/mol. The molecule has 2 aromatic rings. The molecule has 2 amide bonds. The van der Waals surface area contributed by atoms with Crippen molar-refractivity contribution in [2.75, 3.05) is 18.4 Å². The Labute approximate surface area is 199 Å². The summed E-state index contributed by atoms with van der Waals surface area (Å²) >= 11 is 0. The van der Waals surface area contributed by atoms with Gasteiger partial charge in [-0.1, -0.05) is 13.0 Å². The maximum Gasteiger partial charge on any atom is 0.407 e. The smallest absolute Gasteiger partial charge is 0.407 e. The number of alkyl carbamates (subject to hydrolysis) is 1. The number of ether oxygens (including phenoxy) is 1. The van der Waals surface area contributed by atoms with E-state index in [-0.39, 0.29) is 35.1 Å². The lowest BCUT2D eigenvalue weighted by Crippen LogP contribution is -2.37. The molecule has 0 radical (unpaired) electrons. The number of aryl methyl sites for hydroxylation is 1. The molecule has 0 aliphatic carbocycles. The Morgan fingerprint density at radius 3 is 2.38 bits per heavy atom. The third-order valence-electron chi connectivity index (χ3n) is 4.71. The predicted octanol–water partition coefficient (Wildman–Crippen LogP) is 3.14. The number of carbonyl (C=O) groups excluding carboxylic acids is 3. The number of benzene rings is 1. The highest BCUT2D eigenvalue weighted by Crippen LogP contribution is 2.22. The maximum absolute atomic E-state index is 12.8. The van der Waals surface area contributed by atoms with Gasteiger partial charge in [0.1, 0.15) is 11.3 Å². The summed E-state index contributed by atoms with van der Waals surface area (Å²) in [5.41, 5.74) is 1.61. The maximum atomic E-state index is 12.8. The van der Waals surface area contributed by atoms with Gasteiger partial charge in [-0.15, -0.1) is 0 Å². The first-order valence-corrected chi connectivity index (χ1v) is 12.3. The second-order valence-corrected chi connectivity index (χ2v) is 10.5. The van der Waals surface area contributed by atoms with Crippen molar-refractivity contribution in [1.82, 2.24) is 15.0 Å². The van der Waals surface area contributed by atoms with Crippen LogP contribution in [0.25, 0.3) is 0 Å². The standard InChI is InChI=1S/C23H32N4O6S/c1-7-18-19(15(3)28)14(2)26-20(18)21(29)27-16-9-8-10-17(13-16)34(31,32)25-12-11-24-22(30)33-23(4,5)6/h8-10,13,25-26H,7,11-12H2,1-6H3,(H,24,30)(H,27,29). The molecule has 0 spiro atoms. The number of carbonyl (C=O) groups is 3. The minimum atomic E-state index is -3.89. The van der Waals surface area contributed by atoms with Crippen LogP contribution in [-0.2, 0) is 21.2 Å². The van der Waals surface area contributed by atoms with E-state index in [1.54, 1.807) is 33.8 Å². The van der Waals surface area contributed by atoms with Crippen LogP contribution in [0.2, 0.25) is 0 Å². The Balaban J connectivity index is 2.07. The summed E-state index contributed by atoms with van der Waals surface area (Å²) in [5.74, 6) is -0.610. The van der Waals surface area contributed by atoms with Gasteiger partial charge in [0.05, 0.1) is 4.90 Å². The Morgan fingerprint density at radius 2 is 1.79 bits per heavy atom. The first kappa shape index (κ1) is 27.1. The van der Waals surface area contributed by atoms with Crippen molar-refractivity contribution in [3.63, 3.8) is 0 Å². The number of Topliss-reactive ketones (excluding diaryl/α,β-unsaturated/α-hetero) is 1. The fourth-order valence-electron chi connectivity index (χ4n) is 3.38. The molecule has 0 saturated carbocycles. The van der Waals surface area contributed by atoms with Crippen molar-refractivity contribution in [1.29, 1.82) is 0 Å².